The topological polar surface area (TPSA) is 64.3 Å². The summed E-state index contributed by atoms with van der Waals surface area (Å²) in [6.07, 6.45) is 1.36. The maximum atomic E-state index is 11.6. The van der Waals surface area contributed by atoms with E-state index in [0.717, 1.165) is 12.8 Å². The lowest BCUT2D eigenvalue weighted by molar-refractivity contribution is 0.0497. The average molecular weight is 230 g/mol. The molecule has 0 rings (SSSR count). The molecule has 0 aliphatic heterocycles. The van der Waals surface area contributed by atoms with Gasteiger partial charge < -0.3 is 15.8 Å². The molecule has 4 heteroatoms. The van der Waals surface area contributed by atoms with E-state index in [1.807, 2.05) is 20.8 Å². The Hall–Kier alpha value is -0.770. The van der Waals surface area contributed by atoms with Crippen molar-refractivity contribution in [3.8, 4) is 0 Å². The van der Waals surface area contributed by atoms with E-state index >= 15 is 0 Å². The van der Waals surface area contributed by atoms with E-state index in [9.17, 15) is 4.79 Å². The summed E-state index contributed by atoms with van der Waals surface area (Å²) in [6, 6.07) is 0.111. The smallest absolute Gasteiger partial charge is 0.407 e. The third-order valence-electron chi connectivity index (χ3n) is 1.99. The first-order valence-electron chi connectivity index (χ1n) is 5.94. The summed E-state index contributed by atoms with van der Waals surface area (Å²) in [5.74, 6) is 0.534. The van der Waals surface area contributed by atoms with Crippen LogP contribution in [0.5, 0.6) is 0 Å². The Balaban J connectivity index is 4.12. The zero-order chi connectivity index (χ0) is 12.8. The van der Waals surface area contributed by atoms with E-state index in [1.54, 1.807) is 0 Å². The number of nitrogens with two attached hydrogens (primary N) is 1. The molecule has 4 nitrogen and oxygen atoms in total. The number of carbonyl (C=O) groups is 1. The minimum atomic E-state index is -0.449. The fraction of sp³-hybridized carbons (Fsp3) is 0.917. The summed E-state index contributed by atoms with van der Waals surface area (Å²) in [4.78, 5) is 11.6. The van der Waals surface area contributed by atoms with Crippen LogP contribution in [0.1, 0.15) is 47.5 Å². The van der Waals surface area contributed by atoms with Crippen molar-refractivity contribution in [1.29, 1.82) is 0 Å². The minimum absolute atomic E-state index is 0.111. The zero-order valence-electron chi connectivity index (χ0n) is 11.2. The van der Waals surface area contributed by atoms with Crippen molar-refractivity contribution in [2.45, 2.75) is 59.1 Å². The first-order chi connectivity index (χ1) is 7.24. The number of hydrogen-bond acceptors (Lipinski definition) is 3. The molecule has 1 amide bonds. The van der Waals surface area contributed by atoms with Gasteiger partial charge in [0.1, 0.15) is 5.60 Å². The molecule has 0 aliphatic carbocycles. The molecule has 0 saturated heterocycles. The third kappa shape index (κ3) is 8.53. The predicted octanol–water partition coefficient (Wildman–Crippen LogP) is 2.27. The molecule has 0 aromatic heterocycles. The molecule has 0 fully saturated rings. The van der Waals surface area contributed by atoms with Gasteiger partial charge >= 0.3 is 6.09 Å². The molecular weight excluding hydrogens is 204 g/mol. The van der Waals surface area contributed by atoms with Crippen molar-refractivity contribution >= 4 is 6.09 Å². The molecule has 96 valence electrons. The molecule has 0 bridgehead atoms. The maximum Gasteiger partial charge on any atom is 0.407 e. The van der Waals surface area contributed by atoms with Crippen LogP contribution in [-0.4, -0.2) is 24.3 Å². The van der Waals surface area contributed by atoms with Gasteiger partial charge in [0.15, 0.2) is 0 Å². The van der Waals surface area contributed by atoms with Gasteiger partial charge in [0.25, 0.3) is 0 Å². The number of carbonyl (C=O) groups excluding carboxylic acids is 1. The second-order valence-electron chi connectivity index (χ2n) is 5.55. The van der Waals surface area contributed by atoms with Crippen LogP contribution in [-0.2, 0) is 4.74 Å². The Morgan fingerprint density at radius 3 is 2.31 bits per heavy atom. The largest absolute Gasteiger partial charge is 0.444 e. The number of alkyl carbamates (subject to hydrolysis) is 1. The Labute approximate surface area is 98.9 Å². The average Bonchev–Trinajstić information content (AvgIpc) is 1.98. The fourth-order valence-corrected chi connectivity index (χ4v) is 1.49. The molecule has 0 unspecified atom stereocenters. The first kappa shape index (κ1) is 15.2. The van der Waals surface area contributed by atoms with Gasteiger partial charge in [-0.3, -0.25) is 0 Å². The van der Waals surface area contributed by atoms with E-state index in [0.29, 0.717) is 12.5 Å². The monoisotopic (exact) mass is 230 g/mol. The molecule has 0 radical (unpaired) electrons. The number of ether oxygens (including phenoxy) is 1. The lowest BCUT2D eigenvalue weighted by Crippen LogP contribution is -2.40. The van der Waals surface area contributed by atoms with Gasteiger partial charge in [-0.15, -0.1) is 0 Å². The number of hydrogen-bond donors (Lipinski definition) is 2. The van der Waals surface area contributed by atoms with Crippen LogP contribution in [0.4, 0.5) is 4.79 Å². The molecule has 3 N–H and O–H groups in total. The zero-order valence-corrected chi connectivity index (χ0v) is 11.2. The lowest BCUT2D eigenvalue weighted by atomic mass is 10.0. The molecule has 0 aliphatic rings. The normalized spacial score (nSPS) is 13.7. The number of amides is 1. The van der Waals surface area contributed by atoms with Crippen molar-refractivity contribution in [2.24, 2.45) is 11.7 Å². The van der Waals surface area contributed by atoms with Crippen LogP contribution in [0, 0.1) is 5.92 Å². The standard InChI is InChI=1S/C12H26N2O2/c1-9(2)8-10(6-7-13)14-11(15)16-12(3,4)5/h9-10H,6-8,13H2,1-5H3,(H,14,15)/t10-/m1/s1. The van der Waals surface area contributed by atoms with E-state index in [4.69, 9.17) is 10.5 Å². The number of nitrogens with one attached hydrogen (secondary N) is 1. The van der Waals surface area contributed by atoms with Crippen molar-refractivity contribution in [1.82, 2.24) is 5.32 Å². The Kier molecular flexibility index (Phi) is 6.41. The summed E-state index contributed by atoms with van der Waals surface area (Å²) in [5, 5.41) is 2.86. The highest BCUT2D eigenvalue weighted by molar-refractivity contribution is 5.68. The van der Waals surface area contributed by atoms with Crippen LogP contribution in [0.25, 0.3) is 0 Å². The highest BCUT2D eigenvalue weighted by Crippen LogP contribution is 2.10. The summed E-state index contributed by atoms with van der Waals surface area (Å²) < 4.78 is 5.21. The van der Waals surface area contributed by atoms with Crippen LogP contribution < -0.4 is 11.1 Å². The second-order valence-corrected chi connectivity index (χ2v) is 5.55. The first-order valence-corrected chi connectivity index (χ1v) is 5.94. The molecule has 1 atom stereocenters. The summed E-state index contributed by atoms with van der Waals surface area (Å²) in [7, 11) is 0. The Morgan fingerprint density at radius 2 is 1.94 bits per heavy atom. The van der Waals surface area contributed by atoms with Crippen molar-refractivity contribution in [2.75, 3.05) is 6.54 Å². The summed E-state index contributed by atoms with van der Waals surface area (Å²) in [5.41, 5.74) is 5.07. The van der Waals surface area contributed by atoms with Gasteiger partial charge in [-0.05, 0) is 46.1 Å². The van der Waals surface area contributed by atoms with Gasteiger partial charge in [0, 0.05) is 6.04 Å². The fourth-order valence-electron chi connectivity index (χ4n) is 1.49. The number of rotatable bonds is 5. The maximum absolute atomic E-state index is 11.6. The van der Waals surface area contributed by atoms with Crippen molar-refractivity contribution in [3.05, 3.63) is 0 Å². The van der Waals surface area contributed by atoms with Crippen LogP contribution in [0.3, 0.4) is 0 Å². The molecule has 0 spiro atoms. The van der Waals surface area contributed by atoms with E-state index in [2.05, 4.69) is 19.2 Å². The van der Waals surface area contributed by atoms with Crippen molar-refractivity contribution in [3.63, 3.8) is 0 Å². The summed E-state index contributed by atoms with van der Waals surface area (Å²) in [6.45, 7) is 10.4. The SMILES string of the molecule is CC(C)C[C@@H](CCN)NC(=O)OC(C)(C)C. The van der Waals surface area contributed by atoms with Gasteiger partial charge in [0.2, 0.25) is 0 Å². The quantitative estimate of drug-likeness (QED) is 0.761. The van der Waals surface area contributed by atoms with Gasteiger partial charge in [-0.25, -0.2) is 4.79 Å². The molecule has 0 aromatic rings. The van der Waals surface area contributed by atoms with Gasteiger partial charge in [-0.1, -0.05) is 13.8 Å². The predicted molar refractivity (Wildman–Crippen MR) is 66.3 cm³/mol. The van der Waals surface area contributed by atoms with Crippen LogP contribution >= 0.6 is 0 Å². The molecular formula is C12H26N2O2. The van der Waals surface area contributed by atoms with Crippen LogP contribution in [0.2, 0.25) is 0 Å². The molecule has 0 saturated carbocycles. The lowest BCUT2D eigenvalue weighted by Gasteiger charge is -2.24. The van der Waals surface area contributed by atoms with Crippen molar-refractivity contribution < 1.29 is 9.53 Å². The molecule has 0 heterocycles. The van der Waals surface area contributed by atoms with E-state index < -0.39 is 5.60 Å². The van der Waals surface area contributed by atoms with Gasteiger partial charge in [0.05, 0.1) is 0 Å². The minimum Gasteiger partial charge on any atom is -0.444 e. The summed E-state index contributed by atoms with van der Waals surface area (Å²) >= 11 is 0. The van der Waals surface area contributed by atoms with Crippen LogP contribution in [0.15, 0.2) is 0 Å². The third-order valence-corrected chi connectivity index (χ3v) is 1.99. The highest BCUT2D eigenvalue weighted by Gasteiger charge is 2.19. The molecule has 16 heavy (non-hydrogen) atoms. The van der Waals surface area contributed by atoms with Gasteiger partial charge in [-0.2, -0.15) is 0 Å². The second kappa shape index (κ2) is 6.74. The van der Waals surface area contributed by atoms with E-state index in [-0.39, 0.29) is 12.1 Å². The molecule has 0 aromatic carbocycles. The van der Waals surface area contributed by atoms with E-state index in [1.165, 1.54) is 0 Å². The Bertz CT molecular complexity index is 210. The highest BCUT2D eigenvalue weighted by atomic mass is 16.6. The Morgan fingerprint density at radius 1 is 1.38 bits per heavy atom.